The molecule has 17 heavy (non-hydrogen) atoms. The van der Waals surface area contributed by atoms with Gasteiger partial charge in [0, 0.05) is 25.5 Å². The molecule has 1 atom stereocenters. The second-order valence-electron chi connectivity index (χ2n) is 4.76. The van der Waals surface area contributed by atoms with Gasteiger partial charge < -0.3 is 5.11 Å². The van der Waals surface area contributed by atoms with Gasteiger partial charge in [-0.15, -0.1) is 0 Å². The molecule has 0 aliphatic carbocycles. The second kappa shape index (κ2) is 4.84. The van der Waals surface area contributed by atoms with Crippen LogP contribution in [-0.2, 0) is 11.3 Å². The quantitative estimate of drug-likeness (QED) is 0.862. The zero-order chi connectivity index (χ0) is 12.3. The average molecular weight is 234 g/mol. The summed E-state index contributed by atoms with van der Waals surface area (Å²) in [6.45, 7) is 4.26. The van der Waals surface area contributed by atoms with Crippen LogP contribution in [0.25, 0.3) is 0 Å². The summed E-state index contributed by atoms with van der Waals surface area (Å²) in [5.41, 5.74) is 0.604. The molecule has 4 heteroatoms. The van der Waals surface area contributed by atoms with E-state index in [2.05, 4.69) is 9.88 Å². The number of hydrogen-bond acceptors (Lipinski definition) is 3. The number of hydrogen-bond donors (Lipinski definition) is 1. The predicted octanol–water partition coefficient (Wildman–Crippen LogP) is 1.77. The van der Waals surface area contributed by atoms with Crippen molar-refractivity contribution in [3.63, 3.8) is 0 Å². The van der Waals surface area contributed by atoms with Crippen molar-refractivity contribution in [2.75, 3.05) is 13.1 Å². The van der Waals surface area contributed by atoms with E-state index in [1.54, 1.807) is 6.20 Å². The van der Waals surface area contributed by atoms with Crippen LogP contribution in [0.5, 0.6) is 0 Å². The van der Waals surface area contributed by atoms with Crippen LogP contribution in [0.3, 0.4) is 0 Å². The zero-order valence-electron chi connectivity index (χ0n) is 10.1. The fourth-order valence-corrected chi connectivity index (χ4v) is 2.46. The molecule has 1 aromatic heterocycles. The lowest BCUT2D eigenvalue weighted by Gasteiger charge is -2.23. The lowest BCUT2D eigenvalue weighted by atomic mass is 9.84. The molecule has 1 fully saturated rings. The van der Waals surface area contributed by atoms with E-state index < -0.39 is 11.4 Å². The van der Waals surface area contributed by atoms with Gasteiger partial charge in [-0.05, 0) is 31.0 Å². The number of carbonyl (C=O) groups is 1. The van der Waals surface area contributed by atoms with Crippen molar-refractivity contribution in [2.45, 2.75) is 26.3 Å². The summed E-state index contributed by atoms with van der Waals surface area (Å²) in [4.78, 5) is 17.6. The van der Waals surface area contributed by atoms with Crippen molar-refractivity contribution in [1.29, 1.82) is 0 Å². The van der Waals surface area contributed by atoms with Gasteiger partial charge in [0.2, 0.25) is 0 Å². The van der Waals surface area contributed by atoms with E-state index in [-0.39, 0.29) is 0 Å². The Balaban J connectivity index is 2.01. The Hall–Kier alpha value is -1.42. The molecule has 1 N–H and O–H groups in total. The molecule has 0 bridgehead atoms. The molecule has 4 nitrogen and oxygen atoms in total. The molecule has 1 saturated heterocycles. The fraction of sp³-hybridized carbons (Fsp3) is 0.538. The van der Waals surface area contributed by atoms with Gasteiger partial charge in [-0.3, -0.25) is 14.7 Å². The summed E-state index contributed by atoms with van der Waals surface area (Å²) < 4.78 is 0. The molecular formula is C13H18N2O2. The lowest BCUT2D eigenvalue weighted by molar-refractivity contribution is -0.148. The summed E-state index contributed by atoms with van der Waals surface area (Å²) in [6.07, 6.45) is 5.04. The van der Waals surface area contributed by atoms with E-state index in [4.69, 9.17) is 0 Å². The largest absolute Gasteiger partial charge is 0.481 e. The second-order valence-corrected chi connectivity index (χ2v) is 4.76. The van der Waals surface area contributed by atoms with Crippen LogP contribution in [-0.4, -0.2) is 34.0 Å². The minimum atomic E-state index is -0.659. The third-order valence-electron chi connectivity index (χ3n) is 3.69. The van der Waals surface area contributed by atoms with Gasteiger partial charge in [0.15, 0.2) is 0 Å². The normalized spacial score (nSPS) is 25.0. The van der Waals surface area contributed by atoms with E-state index in [0.717, 1.165) is 25.1 Å². The summed E-state index contributed by atoms with van der Waals surface area (Å²) >= 11 is 0. The Morgan fingerprint density at radius 2 is 2.47 bits per heavy atom. The first-order chi connectivity index (χ1) is 8.16. The van der Waals surface area contributed by atoms with Gasteiger partial charge in [-0.2, -0.15) is 0 Å². The standard InChI is InChI=1S/C13H18N2O2/c1-2-13(12(16)17)5-7-15(10-13)9-11-4-3-6-14-8-11/h3-4,6,8H,2,5,7,9-10H2,1H3,(H,16,17). The van der Waals surface area contributed by atoms with E-state index in [1.807, 2.05) is 25.3 Å². The highest BCUT2D eigenvalue weighted by molar-refractivity contribution is 5.75. The number of nitrogens with zero attached hydrogens (tertiary/aromatic N) is 2. The summed E-state index contributed by atoms with van der Waals surface area (Å²) in [5, 5.41) is 9.31. The molecule has 0 spiro atoms. The summed E-state index contributed by atoms with van der Waals surface area (Å²) in [7, 11) is 0. The van der Waals surface area contributed by atoms with Gasteiger partial charge in [0.25, 0.3) is 0 Å². The monoisotopic (exact) mass is 234 g/mol. The highest BCUT2D eigenvalue weighted by Crippen LogP contribution is 2.34. The molecule has 0 amide bonds. The minimum Gasteiger partial charge on any atom is -0.481 e. The maximum Gasteiger partial charge on any atom is 0.310 e. The zero-order valence-corrected chi connectivity index (χ0v) is 10.1. The maximum absolute atomic E-state index is 11.3. The molecule has 1 aromatic rings. The van der Waals surface area contributed by atoms with Crippen LogP contribution in [0.4, 0.5) is 0 Å². The highest BCUT2D eigenvalue weighted by Gasteiger charge is 2.42. The number of carboxylic acids is 1. The molecule has 0 radical (unpaired) electrons. The Morgan fingerprint density at radius 3 is 3.00 bits per heavy atom. The van der Waals surface area contributed by atoms with Crippen LogP contribution in [0.15, 0.2) is 24.5 Å². The molecule has 2 rings (SSSR count). The summed E-state index contributed by atoms with van der Waals surface area (Å²) in [6, 6.07) is 3.94. The first kappa shape index (κ1) is 12.0. The number of aromatic nitrogens is 1. The summed E-state index contributed by atoms with van der Waals surface area (Å²) in [5.74, 6) is -0.659. The third kappa shape index (κ3) is 2.47. The van der Waals surface area contributed by atoms with Crippen molar-refractivity contribution in [1.82, 2.24) is 9.88 Å². The molecule has 1 aliphatic rings. The van der Waals surface area contributed by atoms with Crippen molar-refractivity contribution < 1.29 is 9.90 Å². The average Bonchev–Trinajstić information content (AvgIpc) is 2.75. The van der Waals surface area contributed by atoms with E-state index >= 15 is 0 Å². The Kier molecular flexibility index (Phi) is 3.43. The SMILES string of the molecule is CCC1(C(=O)O)CCN(Cc2cccnc2)C1. The number of carboxylic acid groups (broad SMARTS) is 1. The lowest BCUT2D eigenvalue weighted by Crippen LogP contribution is -2.33. The first-order valence-electron chi connectivity index (χ1n) is 6.01. The van der Waals surface area contributed by atoms with Gasteiger partial charge >= 0.3 is 5.97 Å². The van der Waals surface area contributed by atoms with Gasteiger partial charge in [0.05, 0.1) is 5.41 Å². The molecule has 92 valence electrons. The van der Waals surface area contributed by atoms with Gasteiger partial charge in [-0.25, -0.2) is 0 Å². The molecular weight excluding hydrogens is 216 g/mol. The first-order valence-corrected chi connectivity index (χ1v) is 6.01. The fourth-order valence-electron chi connectivity index (χ4n) is 2.46. The molecule has 1 aliphatic heterocycles. The number of likely N-dealkylation sites (tertiary alicyclic amines) is 1. The third-order valence-corrected chi connectivity index (χ3v) is 3.69. The van der Waals surface area contributed by atoms with Gasteiger partial charge in [0.1, 0.15) is 0 Å². The smallest absolute Gasteiger partial charge is 0.310 e. The Labute approximate surface area is 101 Å². The molecule has 0 saturated carbocycles. The maximum atomic E-state index is 11.3. The van der Waals surface area contributed by atoms with Crippen molar-refractivity contribution in [2.24, 2.45) is 5.41 Å². The Morgan fingerprint density at radius 1 is 1.65 bits per heavy atom. The van der Waals surface area contributed by atoms with Crippen molar-refractivity contribution in [3.05, 3.63) is 30.1 Å². The van der Waals surface area contributed by atoms with Crippen LogP contribution in [0, 0.1) is 5.41 Å². The van der Waals surface area contributed by atoms with Gasteiger partial charge in [-0.1, -0.05) is 13.0 Å². The van der Waals surface area contributed by atoms with Crippen LogP contribution in [0.2, 0.25) is 0 Å². The number of pyridine rings is 1. The molecule has 1 unspecified atom stereocenters. The van der Waals surface area contributed by atoms with Crippen LogP contribution >= 0.6 is 0 Å². The molecule has 0 aromatic carbocycles. The minimum absolute atomic E-state index is 0.539. The van der Waals surface area contributed by atoms with Crippen LogP contribution in [0.1, 0.15) is 25.3 Å². The van der Waals surface area contributed by atoms with E-state index in [9.17, 15) is 9.90 Å². The predicted molar refractivity (Wildman–Crippen MR) is 64.5 cm³/mol. The van der Waals surface area contributed by atoms with Crippen molar-refractivity contribution in [3.8, 4) is 0 Å². The van der Waals surface area contributed by atoms with Crippen molar-refractivity contribution >= 4 is 5.97 Å². The van der Waals surface area contributed by atoms with Crippen LogP contribution < -0.4 is 0 Å². The highest BCUT2D eigenvalue weighted by atomic mass is 16.4. The number of rotatable bonds is 4. The number of aliphatic carboxylic acids is 1. The Bertz CT molecular complexity index is 394. The van der Waals surface area contributed by atoms with E-state index in [1.165, 1.54) is 0 Å². The van der Waals surface area contributed by atoms with E-state index in [0.29, 0.717) is 13.0 Å². The topological polar surface area (TPSA) is 53.4 Å². The molecule has 2 heterocycles.